The number of nitrogens with one attached hydrogen (secondary N) is 2. The molecule has 2 heterocycles. The molecule has 0 bridgehead atoms. The molecule has 4 N–H and O–H groups in total. The molecule has 1 aliphatic carbocycles. The number of fused-ring (bicyclic) bond motifs is 1. The van der Waals surface area contributed by atoms with Gasteiger partial charge in [-0.05, 0) is 25.7 Å². The van der Waals surface area contributed by atoms with Crippen LogP contribution in [0.4, 0.5) is 5.82 Å². The number of aryl methyl sites for hydroxylation is 1. The van der Waals surface area contributed by atoms with Gasteiger partial charge in [-0.2, -0.15) is 0 Å². The Morgan fingerprint density at radius 2 is 2.12 bits per heavy atom. The smallest absolute Gasteiger partial charge is 0.197 e. The first kappa shape index (κ1) is 10.2. The average Bonchev–Trinajstić information content (AvgIpc) is 2.91. The standard InChI is InChI=1S/C11H14N6/c12-17-9-7-3-1-2-4-8(7)15-11(16-9)10-13-5-6-14-10/h5-6H,1-4,12H2,(H,13,14)(H,15,16,17). The van der Waals surface area contributed by atoms with Crippen molar-refractivity contribution < 1.29 is 0 Å². The Labute approximate surface area is 98.7 Å². The zero-order chi connectivity index (χ0) is 11.7. The lowest BCUT2D eigenvalue weighted by atomic mass is 9.96. The maximum atomic E-state index is 5.53. The Morgan fingerprint density at radius 1 is 1.24 bits per heavy atom. The lowest BCUT2D eigenvalue weighted by Gasteiger charge is -2.18. The van der Waals surface area contributed by atoms with Crippen LogP contribution in [0.2, 0.25) is 0 Å². The van der Waals surface area contributed by atoms with Crippen molar-refractivity contribution in [3.05, 3.63) is 23.7 Å². The average molecular weight is 230 g/mol. The fourth-order valence-electron chi connectivity index (χ4n) is 2.21. The van der Waals surface area contributed by atoms with Gasteiger partial charge in [-0.1, -0.05) is 0 Å². The van der Waals surface area contributed by atoms with Gasteiger partial charge in [0.1, 0.15) is 5.82 Å². The normalized spacial score (nSPS) is 14.4. The van der Waals surface area contributed by atoms with Crippen LogP contribution in [-0.4, -0.2) is 19.9 Å². The summed E-state index contributed by atoms with van der Waals surface area (Å²) in [6, 6.07) is 0. The molecule has 6 nitrogen and oxygen atoms in total. The molecule has 0 aromatic carbocycles. The molecule has 0 unspecified atom stereocenters. The van der Waals surface area contributed by atoms with Gasteiger partial charge in [0, 0.05) is 23.7 Å². The minimum absolute atomic E-state index is 0.601. The van der Waals surface area contributed by atoms with Crippen LogP contribution in [0.25, 0.3) is 11.6 Å². The third kappa shape index (κ3) is 1.76. The number of H-pyrrole nitrogens is 1. The van der Waals surface area contributed by atoms with Crippen LogP contribution in [0.5, 0.6) is 0 Å². The summed E-state index contributed by atoms with van der Waals surface area (Å²) in [5.74, 6) is 7.52. The number of hydrogen-bond acceptors (Lipinski definition) is 5. The van der Waals surface area contributed by atoms with Crippen LogP contribution in [0.3, 0.4) is 0 Å². The summed E-state index contributed by atoms with van der Waals surface area (Å²) in [6.45, 7) is 0. The summed E-state index contributed by atoms with van der Waals surface area (Å²) in [4.78, 5) is 16.1. The molecule has 0 amide bonds. The fraction of sp³-hybridized carbons (Fsp3) is 0.364. The van der Waals surface area contributed by atoms with Gasteiger partial charge >= 0.3 is 0 Å². The van der Waals surface area contributed by atoms with E-state index >= 15 is 0 Å². The van der Waals surface area contributed by atoms with E-state index in [2.05, 4.69) is 25.4 Å². The summed E-state index contributed by atoms with van der Waals surface area (Å²) in [7, 11) is 0. The highest BCUT2D eigenvalue weighted by molar-refractivity contribution is 5.54. The van der Waals surface area contributed by atoms with Gasteiger partial charge in [0.15, 0.2) is 11.6 Å². The number of aromatic nitrogens is 4. The van der Waals surface area contributed by atoms with Crippen LogP contribution in [0.15, 0.2) is 12.4 Å². The predicted molar refractivity (Wildman–Crippen MR) is 64.1 cm³/mol. The lowest BCUT2D eigenvalue weighted by molar-refractivity contribution is 0.664. The topological polar surface area (TPSA) is 92.5 Å². The number of nitrogens with zero attached hydrogens (tertiary/aromatic N) is 3. The third-order valence-electron chi connectivity index (χ3n) is 3.03. The van der Waals surface area contributed by atoms with Crippen LogP contribution in [0.1, 0.15) is 24.1 Å². The second-order valence-corrected chi connectivity index (χ2v) is 4.11. The van der Waals surface area contributed by atoms with Crippen molar-refractivity contribution in [3.8, 4) is 11.6 Å². The number of aromatic amines is 1. The Balaban J connectivity index is 2.12. The SMILES string of the molecule is NNc1nc(-c2ncc[nH]2)nc2c1CCCC2. The highest BCUT2D eigenvalue weighted by Gasteiger charge is 2.18. The van der Waals surface area contributed by atoms with E-state index in [-0.39, 0.29) is 0 Å². The van der Waals surface area contributed by atoms with E-state index < -0.39 is 0 Å². The largest absolute Gasteiger partial charge is 0.342 e. The van der Waals surface area contributed by atoms with Crippen molar-refractivity contribution in [1.82, 2.24) is 19.9 Å². The highest BCUT2D eigenvalue weighted by atomic mass is 15.3. The van der Waals surface area contributed by atoms with Crippen molar-refractivity contribution >= 4 is 5.82 Å². The molecule has 1 aliphatic rings. The Hall–Kier alpha value is -1.95. The van der Waals surface area contributed by atoms with Crippen LogP contribution < -0.4 is 11.3 Å². The molecule has 0 aliphatic heterocycles. The Bertz CT molecular complexity index is 502. The molecule has 0 spiro atoms. The fourth-order valence-corrected chi connectivity index (χ4v) is 2.21. The molecular weight excluding hydrogens is 216 g/mol. The zero-order valence-electron chi connectivity index (χ0n) is 9.40. The van der Waals surface area contributed by atoms with Gasteiger partial charge in [-0.15, -0.1) is 0 Å². The first-order chi connectivity index (χ1) is 8.38. The molecule has 6 heteroatoms. The van der Waals surface area contributed by atoms with E-state index in [1.54, 1.807) is 12.4 Å². The lowest BCUT2D eigenvalue weighted by Crippen LogP contribution is -2.17. The summed E-state index contributed by atoms with van der Waals surface area (Å²) in [5.41, 5.74) is 4.90. The molecule has 17 heavy (non-hydrogen) atoms. The Kier molecular flexibility index (Phi) is 2.49. The molecule has 0 atom stereocenters. The minimum Gasteiger partial charge on any atom is -0.342 e. The number of hydrogen-bond donors (Lipinski definition) is 3. The second-order valence-electron chi connectivity index (χ2n) is 4.11. The van der Waals surface area contributed by atoms with Crippen molar-refractivity contribution in [2.45, 2.75) is 25.7 Å². The number of rotatable bonds is 2. The number of imidazole rings is 1. The third-order valence-corrected chi connectivity index (χ3v) is 3.03. The maximum Gasteiger partial charge on any atom is 0.197 e. The highest BCUT2D eigenvalue weighted by Crippen LogP contribution is 2.26. The number of hydrazine groups is 1. The van der Waals surface area contributed by atoms with Gasteiger partial charge in [0.2, 0.25) is 0 Å². The van der Waals surface area contributed by atoms with Crippen molar-refractivity contribution in [2.75, 3.05) is 5.43 Å². The molecule has 2 aromatic heterocycles. The number of anilines is 1. The van der Waals surface area contributed by atoms with Gasteiger partial charge in [0.25, 0.3) is 0 Å². The first-order valence-corrected chi connectivity index (χ1v) is 5.74. The number of nitrogens with two attached hydrogens (primary N) is 1. The van der Waals surface area contributed by atoms with E-state index in [1.165, 1.54) is 12.8 Å². The molecule has 0 radical (unpaired) electrons. The second kappa shape index (κ2) is 4.14. The van der Waals surface area contributed by atoms with Crippen LogP contribution >= 0.6 is 0 Å². The molecule has 0 fully saturated rings. The summed E-state index contributed by atoms with van der Waals surface area (Å²) in [6.07, 6.45) is 7.77. The van der Waals surface area contributed by atoms with E-state index in [4.69, 9.17) is 5.84 Å². The van der Waals surface area contributed by atoms with Gasteiger partial charge in [-0.25, -0.2) is 20.8 Å². The van der Waals surface area contributed by atoms with Crippen LogP contribution in [-0.2, 0) is 12.8 Å². The molecular formula is C11H14N6. The van der Waals surface area contributed by atoms with Crippen molar-refractivity contribution in [2.24, 2.45) is 5.84 Å². The predicted octanol–water partition coefficient (Wildman–Crippen LogP) is 1.03. The monoisotopic (exact) mass is 230 g/mol. The molecule has 2 aromatic rings. The maximum absolute atomic E-state index is 5.53. The minimum atomic E-state index is 0.601. The van der Waals surface area contributed by atoms with Crippen LogP contribution in [0, 0.1) is 0 Å². The van der Waals surface area contributed by atoms with Gasteiger partial charge in [0.05, 0.1) is 0 Å². The van der Waals surface area contributed by atoms with Gasteiger partial charge < -0.3 is 10.4 Å². The Morgan fingerprint density at radius 3 is 2.88 bits per heavy atom. The number of nitrogen functional groups attached to an aromatic ring is 1. The molecule has 0 saturated heterocycles. The molecule has 88 valence electrons. The summed E-state index contributed by atoms with van der Waals surface area (Å²) in [5, 5.41) is 0. The molecule has 0 saturated carbocycles. The summed E-state index contributed by atoms with van der Waals surface area (Å²) >= 11 is 0. The zero-order valence-corrected chi connectivity index (χ0v) is 9.40. The quantitative estimate of drug-likeness (QED) is 0.529. The van der Waals surface area contributed by atoms with E-state index in [0.717, 1.165) is 29.9 Å². The van der Waals surface area contributed by atoms with Gasteiger partial charge in [-0.3, -0.25) is 0 Å². The summed E-state index contributed by atoms with van der Waals surface area (Å²) < 4.78 is 0. The van der Waals surface area contributed by atoms with E-state index in [9.17, 15) is 0 Å². The molecule has 3 rings (SSSR count). The van der Waals surface area contributed by atoms with Crippen molar-refractivity contribution in [3.63, 3.8) is 0 Å². The van der Waals surface area contributed by atoms with E-state index in [0.29, 0.717) is 11.6 Å². The first-order valence-electron chi connectivity index (χ1n) is 5.74. The van der Waals surface area contributed by atoms with Crippen molar-refractivity contribution in [1.29, 1.82) is 0 Å². The van der Waals surface area contributed by atoms with E-state index in [1.807, 2.05) is 0 Å².